The maximum absolute atomic E-state index is 8.06. The summed E-state index contributed by atoms with van der Waals surface area (Å²) in [5, 5.41) is 44.6. The molecule has 0 aromatic heterocycles. The van der Waals surface area contributed by atoms with Crippen molar-refractivity contribution in [2.24, 2.45) is 0 Å². The van der Waals surface area contributed by atoms with E-state index in [9.17, 15) is 0 Å². The fourth-order valence-electron chi connectivity index (χ4n) is 0.180. The first-order valence-corrected chi connectivity index (χ1v) is 10.2. The molecule has 0 aromatic rings. The van der Waals surface area contributed by atoms with E-state index in [1.165, 1.54) is 0 Å². The molecule has 8 nitrogen and oxygen atoms in total. The van der Waals surface area contributed by atoms with Crippen LogP contribution < -0.4 is 0 Å². The van der Waals surface area contributed by atoms with Crippen LogP contribution in [0.4, 0.5) is 0 Å². The zero-order valence-corrected chi connectivity index (χ0v) is 23.3. The van der Waals surface area contributed by atoms with Gasteiger partial charge in [-0.3, -0.25) is 0 Å². The number of rotatable bonds is 4. The minimum atomic E-state index is -0.167. The van der Waals surface area contributed by atoms with Gasteiger partial charge in [-0.1, -0.05) is 5.04 Å². The van der Waals surface area contributed by atoms with Gasteiger partial charge in [0.25, 0.3) is 0 Å². The smallest absolute Gasteiger partial charge is 0.0905 e. The molecule has 0 amide bonds. The van der Waals surface area contributed by atoms with Gasteiger partial charge in [0, 0.05) is 49.1 Å². The summed E-state index contributed by atoms with van der Waals surface area (Å²) in [5.41, 5.74) is 0. The number of aliphatic hydroxyl groups excluding tert-OH is 5. The Morgan fingerprint density at radius 1 is 0.367 bits per heavy atom. The van der Waals surface area contributed by atoms with Gasteiger partial charge in [0.15, 0.2) is 0 Å². The third-order valence-electron chi connectivity index (χ3n) is 0.463. The van der Waals surface area contributed by atoms with E-state index in [0.29, 0.717) is 0 Å². The predicted molar refractivity (Wildman–Crippen MR) is 120 cm³/mol. The van der Waals surface area contributed by atoms with Crippen LogP contribution in [0.15, 0.2) is 0 Å². The first-order valence-electron chi connectivity index (χ1n) is 10.2. The molecule has 0 saturated carbocycles. The van der Waals surface area contributed by atoms with Crippen LogP contribution in [0.1, 0.15) is 96.9 Å². The van der Waals surface area contributed by atoms with Crippen LogP contribution in [0.2, 0.25) is 0 Å². The minimum Gasteiger partial charge on any atom is -0.394 e. The van der Waals surface area contributed by atoms with E-state index in [0.717, 1.165) is 0 Å². The quantitative estimate of drug-likeness (QED) is 0.302. The summed E-state index contributed by atoms with van der Waals surface area (Å²) in [6.07, 6.45) is -0.743. The molecule has 0 aliphatic heterocycles. The fourth-order valence-corrected chi connectivity index (χ4v) is 0.180. The van der Waals surface area contributed by atoms with Crippen molar-refractivity contribution in [3.05, 3.63) is 0 Å². The van der Waals surface area contributed by atoms with Crippen LogP contribution in [0, 0.1) is 0 Å². The second-order valence-corrected chi connectivity index (χ2v) is 7.83. The number of hydrogen-bond donors (Lipinski definition) is 5. The third kappa shape index (κ3) is 535. The zero-order chi connectivity index (χ0) is 25.2. The van der Waals surface area contributed by atoms with Gasteiger partial charge in [0.1, 0.15) is 0 Å². The summed E-state index contributed by atoms with van der Waals surface area (Å²) in [7, 11) is 0. The van der Waals surface area contributed by atoms with Crippen molar-refractivity contribution >= 4 is 0 Å². The van der Waals surface area contributed by atoms with Crippen LogP contribution in [0.3, 0.4) is 0 Å². The first-order chi connectivity index (χ1) is 12.8. The molecule has 1 radical (unpaired) electrons. The van der Waals surface area contributed by atoms with Crippen molar-refractivity contribution < 1.29 is 58.9 Å². The Labute approximate surface area is 198 Å². The van der Waals surface area contributed by atoms with E-state index in [1.807, 2.05) is 27.7 Å². The fraction of sp³-hybridized carbons (Fsp3) is 1.00. The van der Waals surface area contributed by atoms with Crippen LogP contribution in [0.5, 0.6) is 0 Å². The molecule has 191 valence electrons. The van der Waals surface area contributed by atoms with E-state index in [4.69, 9.17) is 25.5 Å². The summed E-state index contributed by atoms with van der Waals surface area (Å²) in [6.45, 7) is 24.7. The first kappa shape index (κ1) is 47.9. The molecule has 0 aliphatic rings. The summed E-state index contributed by atoms with van der Waals surface area (Å²) in [4.78, 5) is 9.26. The van der Waals surface area contributed by atoms with E-state index in [1.54, 1.807) is 69.2 Å². The van der Waals surface area contributed by atoms with E-state index in [-0.39, 0.29) is 61.3 Å². The second kappa shape index (κ2) is 39.7. The predicted octanol–water partition coefficient (Wildman–Crippen LogP) is 3.62. The largest absolute Gasteiger partial charge is 0.394 e. The zero-order valence-electron chi connectivity index (χ0n) is 21.9. The Bertz CT molecular complexity index is 180. The van der Waals surface area contributed by atoms with Gasteiger partial charge in [-0.2, -0.15) is 0 Å². The molecule has 9 heteroatoms. The molecule has 30 heavy (non-hydrogen) atoms. The molecule has 0 fully saturated rings. The molecule has 0 spiro atoms. The monoisotopic (exact) mass is 485 g/mol. The molecule has 0 heterocycles. The summed E-state index contributed by atoms with van der Waals surface area (Å²) in [6, 6.07) is 0. The Hall–Kier alpha value is 0.264. The standard InChI is InChI=1S/C6H14O3.5C3H8O.V/c1-5(2)7-9-8-6(3)4;5*1-3(2)4;/h5-6H,1-4H3;5*3-4H,1-2H3;. The van der Waals surface area contributed by atoms with Gasteiger partial charge in [0.05, 0.1) is 12.2 Å². The van der Waals surface area contributed by atoms with Gasteiger partial charge in [0.2, 0.25) is 0 Å². The molecule has 0 unspecified atom stereocenters. The summed E-state index contributed by atoms with van der Waals surface area (Å²) >= 11 is 0. The van der Waals surface area contributed by atoms with Crippen molar-refractivity contribution in [1.82, 2.24) is 0 Å². The normalized spacial score (nSPS) is 9.40. The Balaban J connectivity index is -0.0000000441. The topological polar surface area (TPSA) is 129 Å². The van der Waals surface area contributed by atoms with Crippen molar-refractivity contribution in [2.45, 2.75) is 140 Å². The Morgan fingerprint density at radius 2 is 0.467 bits per heavy atom. The molecule has 0 rings (SSSR count). The molecule has 0 bridgehead atoms. The molecule has 5 N–H and O–H groups in total. The van der Waals surface area contributed by atoms with Crippen LogP contribution in [-0.4, -0.2) is 68.3 Å². The van der Waals surface area contributed by atoms with Crippen molar-refractivity contribution in [3.63, 3.8) is 0 Å². The molecular weight excluding hydrogens is 431 g/mol. The van der Waals surface area contributed by atoms with Crippen LogP contribution in [0.25, 0.3) is 0 Å². The van der Waals surface area contributed by atoms with Gasteiger partial charge in [-0.25, -0.2) is 9.78 Å². The van der Waals surface area contributed by atoms with E-state index >= 15 is 0 Å². The van der Waals surface area contributed by atoms with Gasteiger partial charge >= 0.3 is 0 Å². The maximum Gasteiger partial charge on any atom is 0.0905 e. The molecular formula is C21H54O8V. The number of aliphatic hydroxyl groups is 5. The van der Waals surface area contributed by atoms with Crippen LogP contribution in [-0.2, 0) is 33.4 Å². The second-order valence-electron chi connectivity index (χ2n) is 7.83. The van der Waals surface area contributed by atoms with Crippen molar-refractivity contribution in [3.8, 4) is 0 Å². The molecule has 0 saturated heterocycles. The van der Waals surface area contributed by atoms with E-state index in [2.05, 4.69) is 14.8 Å². The molecule has 0 atom stereocenters. The van der Waals surface area contributed by atoms with Crippen molar-refractivity contribution in [1.29, 1.82) is 0 Å². The average Bonchev–Trinajstić information content (AvgIpc) is 2.33. The third-order valence-corrected chi connectivity index (χ3v) is 0.463. The molecule has 0 aromatic carbocycles. The molecule has 0 aliphatic carbocycles. The van der Waals surface area contributed by atoms with Gasteiger partial charge < -0.3 is 25.5 Å². The SMILES string of the molecule is CC(C)O.CC(C)O.CC(C)O.CC(C)O.CC(C)O.CC(C)OOOC(C)C.[V]. The summed E-state index contributed by atoms with van der Waals surface area (Å²) < 4.78 is 0. The maximum atomic E-state index is 8.06. The Morgan fingerprint density at radius 3 is 0.533 bits per heavy atom. The van der Waals surface area contributed by atoms with Gasteiger partial charge in [-0.05, 0) is 96.9 Å². The number of hydrogen-bond acceptors (Lipinski definition) is 8. The summed E-state index contributed by atoms with van der Waals surface area (Å²) in [5.74, 6) is 0. The minimum absolute atomic E-state index is 0. The average molecular weight is 486 g/mol. The van der Waals surface area contributed by atoms with Crippen molar-refractivity contribution in [2.75, 3.05) is 0 Å². The van der Waals surface area contributed by atoms with Crippen LogP contribution >= 0.6 is 0 Å². The van der Waals surface area contributed by atoms with Gasteiger partial charge in [-0.15, -0.1) is 0 Å². The van der Waals surface area contributed by atoms with E-state index < -0.39 is 0 Å². The Kier molecular flexibility index (Phi) is 63.4.